The molecule has 31 heavy (non-hydrogen) atoms. The Morgan fingerprint density at radius 1 is 0.839 bits per heavy atom. The van der Waals surface area contributed by atoms with Gasteiger partial charge in [0.25, 0.3) is 5.85 Å². The lowest BCUT2D eigenvalue weighted by molar-refractivity contribution is -0.259. The van der Waals surface area contributed by atoms with Crippen LogP contribution in [0.2, 0.25) is 0 Å². The summed E-state index contributed by atoms with van der Waals surface area (Å²) in [4.78, 5) is 40.8. The van der Waals surface area contributed by atoms with Crippen molar-refractivity contribution in [2.45, 2.75) is 83.1 Å². The minimum absolute atomic E-state index is 0.0723. The molecule has 10 nitrogen and oxygen atoms in total. The summed E-state index contributed by atoms with van der Waals surface area (Å²) < 4.78 is 11.6. The Morgan fingerprint density at radius 2 is 1.29 bits per heavy atom. The summed E-state index contributed by atoms with van der Waals surface area (Å²) in [7, 11) is 0. The predicted molar refractivity (Wildman–Crippen MR) is 109 cm³/mol. The van der Waals surface area contributed by atoms with E-state index in [9.17, 15) is 24.6 Å². The van der Waals surface area contributed by atoms with Crippen LogP contribution in [-0.4, -0.2) is 99.3 Å². The summed E-state index contributed by atoms with van der Waals surface area (Å²) in [6, 6.07) is 0. The second-order valence-electron chi connectivity index (χ2n) is 8.95. The first-order valence-corrected chi connectivity index (χ1v) is 11.2. The zero-order valence-electron chi connectivity index (χ0n) is 18.7. The highest BCUT2D eigenvalue weighted by molar-refractivity contribution is 5.82. The van der Waals surface area contributed by atoms with E-state index in [4.69, 9.17) is 9.47 Å². The lowest BCUT2D eigenvalue weighted by Crippen LogP contribution is -2.67. The van der Waals surface area contributed by atoms with E-state index < -0.39 is 23.8 Å². The Bertz CT molecular complexity index is 672. The van der Waals surface area contributed by atoms with E-state index in [1.807, 2.05) is 0 Å². The Balaban J connectivity index is 1.59. The maximum absolute atomic E-state index is 12.4. The first-order valence-electron chi connectivity index (χ1n) is 11.2. The summed E-state index contributed by atoms with van der Waals surface area (Å²) in [5.41, 5.74) is -1.40. The zero-order chi connectivity index (χ0) is 22.8. The molecule has 0 radical (unpaired) electrons. The van der Waals surface area contributed by atoms with Crippen LogP contribution in [0.4, 0.5) is 0 Å². The number of rotatable bonds is 10. The quantitative estimate of drug-likeness (QED) is 0.490. The first kappa shape index (κ1) is 23.9. The fourth-order valence-corrected chi connectivity index (χ4v) is 4.55. The third-order valence-electron chi connectivity index (χ3n) is 6.36. The molecule has 0 bridgehead atoms. The number of amides is 3. The van der Waals surface area contributed by atoms with Crippen LogP contribution in [0.3, 0.4) is 0 Å². The molecule has 0 saturated carbocycles. The van der Waals surface area contributed by atoms with Gasteiger partial charge in [-0.2, -0.15) is 0 Å². The van der Waals surface area contributed by atoms with Crippen molar-refractivity contribution in [3.8, 4) is 0 Å². The Morgan fingerprint density at radius 3 is 1.71 bits per heavy atom. The van der Waals surface area contributed by atoms with Crippen LogP contribution in [-0.2, 0) is 23.9 Å². The van der Waals surface area contributed by atoms with Crippen molar-refractivity contribution < 1.29 is 34.1 Å². The van der Waals surface area contributed by atoms with Crippen molar-refractivity contribution in [3.05, 3.63) is 0 Å². The van der Waals surface area contributed by atoms with E-state index >= 15 is 0 Å². The van der Waals surface area contributed by atoms with E-state index in [-0.39, 0.29) is 30.9 Å². The van der Waals surface area contributed by atoms with E-state index in [0.717, 1.165) is 0 Å². The Labute approximate surface area is 183 Å². The fraction of sp³-hybridized carbons (Fsp3) is 0.857. The highest BCUT2D eigenvalue weighted by Crippen LogP contribution is 2.32. The number of carbonyl (C=O) groups excluding carboxylic acids is 3. The molecule has 3 saturated heterocycles. The minimum Gasteiger partial charge on any atom is -0.371 e. The average molecular weight is 442 g/mol. The van der Waals surface area contributed by atoms with Crippen molar-refractivity contribution >= 4 is 17.7 Å². The largest absolute Gasteiger partial charge is 0.371 e. The smallest absolute Gasteiger partial charge is 0.250 e. The summed E-state index contributed by atoms with van der Waals surface area (Å²) in [5.74, 6) is -2.34. The Kier molecular flexibility index (Phi) is 7.25. The number of likely N-dealkylation sites (tertiary alicyclic amines) is 3. The molecule has 3 unspecified atom stereocenters. The molecule has 3 aliphatic heterocycles. The Hall–Kier alpha value is -1.75. The van der Waals surface area contributed by atoms with E-state index in [2.05, 4.69) is 0 Å². The van der Waals surface area contributed by atoms with Gasteiger partial charge in [-0.15, -0.1) is 0 Å². The maximum Gasteiger partial charge on any atom is 0.250 e. The van der Waals surface area contributed by atoms with Crippen molar-refractivity contribution in [1.29, 1.82) is 0 Å². The van der Waals surface area contributed by atoms with Crippen LogP contribution in [0.25, 0.3) is 0 Å². The van der Waals surface area contributed by atoms with Gasteiger partial charge in [0.05, 0.1) is 19.3 Å². The number of hydrogen-bond acceptors (Lipinski definition) is 7. The molecule has 2 N–H and O–H groups in total. The molecule has 176 valence electrons. The number of carbonyl (C=O) groups is 3. The maximum atomic E-state index is 12.4. The molecule has 3 amide bonds. The molecular formula is C21H35N3O7. The monoisotopic (exact) mass is 441 g/mol. The first-order chi connectivity index (χ1) is 14.6. The summed E-state index contributed by atoms with van der Waals surface area (Å²) >= 11 is 0. The molecule has 0 spiro atoms. The lowest BCUT2D eigenvalue weighted by Gasteiger charge is -2.46. The standard InChI is InChI=1S/C21H35N3O7/c1-15(31-14-20(3,28)22-10-4-7-17(22)25)13-30-16(2)21(29,23-11-5-8-18(23)26)24-12-6-9-19(24)27/h15-16,28-29H,4-14H2,1-3H3. The molecule has 3 rings (SSSR count). The number of aliphatic hydroxyl groups is 2. The normalized spacial score (nSPS) is 24.3. The zero-order valence-corrected chi connectivity index (χ0v) is 18.7. The minimum atomic E-state index is -1.84. The van der Waals surface area contributed by atoms with Crippen molar-refractivity contribution in [1.82, 2.24) is 14.7 Å². The molecule has 3 heterocycles. The third-order valence-corrected chi connectivity index (χ3v) is 6.36. The molecule has 3 aliphatic rings. The van der Waals surface area contributed by atoms with Crippen LogP contribution in [0.1, 0.15) is 59.3 Å². The van der Waals surface area contributed by atoms with E-state index in [1.165, 1.54) is 14.7 Å². The van der Waals surface area contributed by atoms with Gasteiger partial charge < -0.3 is 24.6 Å². The molecule has 3 atom stereocenters. The topological polar surface area (TPSA) is 120 Å². The van der Waals surface area contributed by atoms with Crippen LogP contribution in [0, 0.1) is 0 Å². The van der Waals surface area contributed by atoms with Crippen LogP contribution >= 0.6 is 0 Å². The molecular weight excluding hydrogens is 406 g/mol. The SMILES string of the molecule is CC(COC(C)C(O)(N1CCCC1=O)N1CCCC1=O)OCC(C)(O)N1CCCC1=O. The van der Waals surface area contributed by atoms with Crippen LogP contribution in [0.5, 0.6) is 0 Å². The molecule has 3 fully saturated rings. The lowest BCUT2D eigenvalue weighted by atomic mass is 10.1. The summed E-state index contributed by atoms with van der Waals surface area (Å²) in [5, 5.41) is 22.1. The number of nitrogens with zero attached hydrogens (tertiary/aromatic N) is 3. The highest BCUT2D eigenvalue weighted by atomic mass is 16.6. The van der Waals surface area contributed by atoms with Crippen LogP contribution in [0.15, 0.2) is 0 Å². The third kappa shape index (κ3) is 4.87. The van der Waals surface area contributed by atoms with E-state index in [1.54, 1.807) is 20.8 Å². The van der Waals surface area contributed by atoms with Gasteiger partial charge in [0.1, 0.15) is 6.10 Å². The second kappa shape index (κ2) is 9.40. The highest BCUT2D eigenvalue weighted by Gasteiger charge is 2.52. The van der Waals surface area contributed by atoms with Crippen molar-refractivity contribution in [2.24, 2.45) is 0 Å². The van der Waals surface area contributed by atoms with Gasteiger partial charge in [-0.05, 0) is 40.0 Å². The van der Waals surface area contributed by atoms with Crippen LogP contribution < -0.4 is 0 Å². The molecule has 0 aromatic heterocycles. The predicted octanol–water partition coefficient (Wildman–Crippen LogP) is 0.0184. The number of ether oxygens (including phenoxy) is 2. The van der Waals surface area contributed by atoms with Gasteiger partial charge in [0.2, 0.25) is 17.7 Å². The van der Waals surface area contributed by atoms with Gasteiger partial charge in [-0.25, -0.2) is 0 Å². The summed E-state index contributed by atoms with van der Waals surface area (Å²) in [6.45, 7) is 6.19. The molecule has 0 aromatic rings. The second-order valence-corrected chi connectivity index (χ2v) is 8.95. The molecule has 0 aliphatic carbocycles. The number of hydrogen-bond donors (Lipinski definition) is 2. The van der Waals surface area contributed by atoms with Crippen molar-refractivity contribution in [2.75, 3.05) is 32.8 Å². The van der Waals surface area contributed by atoms with Gasteiger partial charge in [0.15, 0.2) is 5.72 Å². The molecule has 0 aromatic carbocycles. The van der Waals surface area contributed by atoms with Gasteiger partial charge in [-0.1, -0.05) is 0 Å². The van der Waals surface area contributed by atoms with E-state index in [0.29, 0.717) is 58.2 Å². The van der Waals surface area contributed by atoms with Gasteiger partial charge in [0, 0.05) is 38.9 Å². The fourth-order valence-electron chi connectivity index (χ4n) is 4.55. The van der Waals surface area contributed by atoms with Gasteiger partial charge >= 0.3 is 0 Å². The average Bonchev–Trinajstić information content (AvgIpc) is 3.45. The van der Waals surface area contributed by atoms with Crippen molar-refractivity contribution in [3.63, 3.8) is 0 Å². The van der Waals surface area contributed by atoms with Gasteiger partial charge in [-0.3, -0.25) is 24.2 Å². The molecule has 10 heteroatoms. The summed E-state index contributed by atoms with van der Waals surface area (Å²) in [6.07, 6.45) is 1.76.